The van der Waals surface area contributed by atoms with Gasteiger partial charge in [0.1, 0.15) is 0 Å². The normalized spacial score (nSPS) is 11.4. The minimum atomic E-state index is -0.295. The highest BCUT2D eigenvalue weighted by Gasteiger charge is 2.24. The zero-order valence-electron chi connectivity index (χ0n) is 16.1. The van der Waals surface area contributed by atoms with E-state index < -0.39 is 0 Å². The fourth-order valence-corrected chi connectivity index (χ4v) is 3.56. The molecule has 0 bridgehead atoms. The highest BCUT2D eigenvalue weighted by molar-refractivity contribution is 5.78. The Bertz CT molecular complexity index is 802. The van der Waals surface area contributed by atoms with Crippen LogP contribution >= 0.6 is 0 Å². The fraction of sp³-hybridized carbons (Fsp3) is 0.240. The van der Waals surface area contributed by atoms with Gasteiger partial charge in [-0.15, -0.1) is 0 Å². The van der Waals surface area contributed by atoms with Gasteiger partial charge in [0.05, 0.1) is 0 Å². The summed E-state index contributed by atoms with van der Waals surface area (Å²) in [6, 6.07) is 30.8. The summed E-state index contributed by atoms with van der Waals surface area (Å²) in [5.41, 5.74) is 3.26. The molecule has 0 aliphatic rings. The van der Waals surface area contributed by atoms with E-state index >= 15 is 0 Å². The van der Waals surface area contributed by atoms with Gasteiger partial charge in [-0.05, 0) is 37.0 Å². The van der Waals surface area contributed by atoms with Crippen molar-refractivity contribution < 1.29 is 4.79 Å². The lowest BCUT2D eigenvalue weighted by molar-refractivity contribution is -0.122. The number of hydrogen-bond donors (Lipinski definition) is 1. The van der Waals surface area contributed by atoms with E-state index in [1.54, 1.807) is 0 Å². The van der Waals surface area contributed by atoms with E-state index in [0.29, 0.717) is 6.42 Å². The highest BCUT2D eigenvalue weighted by Crippen LogP contribution is 2.28. The molecule has 3 aromatic carbocycles. The van der Waals surface area contributed by atoms with Crippen molar-refractivity contribution in [1.82, 2.24) is 5.32 Å². The summed E-state index contributed by atoms with van der Waals surface area (Å²) in [5.74, 6) is 0.133. The molecule has 0 heterocycles. The van der Waals surface area contributed by atoms with Gasteiger partial charge in [-0.1, -0.05) is 91.0 Å². The maximum Gasteiger partial charge on any atom is 0.221 e. The van der Waals surface area contributed by atoms with Gasteiger partial charge in [0.25, 0.3) is 0 Å². The molecule has 0 atom stereocenters. The first-order valence-corrected chi connectivity index (χ1v) is 9.48. The Labute approximate surface area is 162 Å². The van der Waals surface area contributed by atoms with Crippen LogP contribution in [0.15, 0.2) is 91.0 Å². The van der Waals surface area contributed by atoms with Crippen LogP contribution in [0.1, 0.15) is 42.9 Å². The van der Waals surface area contributed by atoms with E-state index in [-0.39, 0.29) is 17.4 Å². The second kappa shape index (κ2) is 8.68. The van der Waals surface area contributed by atoms with Crippen molar-refractivity contribution in [3.63, 3.8) is 0 Å². The first-order chi connectivity index (χ1) is 13.0. The summed E-state index contributed by atoms with van der Waals surface area (Å²) >= 11 is 0. The van der Waals surface area contributed by atoms with Crippen molar-refractivity contribution in [2.24, 2.45) is 0 Å². The second-order valence-corrected chi connectivity index (χ2v) is 7.67. The van der Waals surface area contributed by atoms with Gasteiger partial charge in [-0.3, -0.25) is 4.79 Å². The molecule has 1 amide bonds. The van der Waals surface area contributed by atoms with Crippen LogP contribution in [-0.4, -0.2) is 11.4 Å². The molecule has 0 radical (unpaired) electrons. The average molecular weight is 357 g/mol. The predicted octanol–water partition coefficient (Wildman–Crippen LogP) is 5.35. The van der Waals surface area contributed by atoms with Crippen molar-refractivity contribution in [1.29, 1.82) is 0 Å². The molecule has 0 aliphatic carbocycles. The van der Waals surface area contributed by atoms with Gasteiger partial charge in [0, 0.05) is 17.9 Å². The number of hydrogen-bond acceptors (Lipinski definition) is 1. The minimum absolute atomic E-state index is 0.0555. The first kappa shape index (κ1) is 18.9. The van der Waals surface area contributed by atoms with E-state index in [4.69, 9.17) is 0 Å². The molecule has 27 heavy (non-hydrogen) atoms. The van der Waals surface area contributed by atoms with E-state index in [1.807, 2.05) is 54.6 Å². The van der Waals surface area contributed by atoms with Gasteiger partial charge in [0.2, 0.25) is 5.91 Å². The zero-order valence-corrected chi connectivity index (χ0v) is 16.1. The molecule has 2 nitrogen and oxygen atoms in total. The van der Waals surface area contributed by atoms with Gasteiger partial charge >= 0.3 is 0 Å². The largest absolute Gasteiger partial charge is 0.351 e. The summed E-state index contributed by atoms with van der Waals surface area (Å²) in [5, 5.41) is 3.24. The van der Waals surface area contributed by atoms with Crippen LogP contribution in [0.25, 0.3) is 0 Å². The molecular weight excluding hydrogens is 330 g/mol. The van der Waals surface area contributed by atoms with Gasteiger partial charge in [0.15, 0.2) is 0 Å². The molecule has 1 N–H and O–H groups in total. The van der Waals surface area contributed by atoms with E-state index in [2.05, 4.69) is 55.6 Å². The smallest absolute Gasteiger partial charge is 0.221 e. The molecule has 2 heteroatoms. The Morgan fingerprint density at radius 3 is 1.70 bits per heavy atom. The lowest BCUT2D eigenvalue weighted by Gasteiger charge is -2.28. The Balaban J connectivity index is 1.73. The number of carbonyl (C=O) groups is 1. The molecule has 138 valence electrons. The van der Waals surface area contributed by atoms with Crippen LogP contribution in [-0.2, 0) is 11.2 Å². The Morgan fingerprint density at radius 2 is 1.22 bits per heavy atom. The van der Waals surface area contributed by atoms with Crippen LogP contribution in [0.2, 0.25) is 0 Å². The third kappa shape index (κ3) is 5.55. The SMILES string of the molecule is CC(C)(Cc1ccccc1)NC(=O)CC(c1ccccc1)c1ccccc1. The standard InChI is InChI=1S/C25H27NO/c1-25(2,19-20-12-6-3-7-13-20)26-24(27)18-23(21-14-8-4-9-15-21)22-16-10-5-11-17-22/h3-17,23H,18-19H2,1-2H3,(H,26,27). The van der Waals surface area contributed by atoms with Gasteiger partial charge in [-0.25, -0.2) is 0 Å². The van der Waals surface area contributed by atoms with Crippen molar-refractivity contribution in [2.75, 3.05) is 0 Å². The summed E-state index contributed by atoms with van der Waals surface area (Å²) < 4.78 is 0. The average Bonchev–Trinajstić information content (AvgIpc) is 2.67. The van der Waals surface area contributed by atoms with Crippen LogP contribution in [0.4, 0.5) is 0 Å². The third-order valence-corrected chi connectivity index (χ3v) is 4.76. The topological polar surface area (TPSA) is 29.1 Å². The maximum absolute atomic E-state index is 12.9. The van der Waals surface area contributed by atoms with Crippen molar-refractivity contribution >= 4 is 5.91 Å². The Morgan fingerprint density at radius 1 is 0.778 bits per heavy atom. The van der Waals surface area contributed by atoms with Crippen LogP contribution in [0.5, 0.6) is 0 Å². The number of nitrogens with one attached hydrogen (secondary N) is 1. The van der Waals surface area contributed by atoms with Crippen LogP contribution in [0.3, 0.4) is 0 Å². The molecule has 3 aromatic rings. The summed E-state index contributed by atoms with van der Waals surface area (Å²) in [6.07, 6.45) is 1.24. The molecule has 0 saturated carbocycles. The maximum atomic E-state index is 12.9. The molecule has 0 saturated heterocycles. The molecule has 0 aliphatic heterocycles. The van der Waals surface area contributed by atoms with Crippen molar-refractivity contribution in [2.45, 2.75) is 38.1 Å². The summed E-state index contributed by atoms with van der Waals surface area (Å²) in [7, 11) is 0. The summed E-state index contributed by atoms with van der Waals surface area (Å²) in [6.45, 7) is 4.16. The second-order valence-electron chi connectivity index (χ2n) is 7.67. The lowest BCUT2D eigenvalue weighted by Crippen LogP contribution is -2.45. The lowest BCUT2D eigenvalue weighted by atomic mass is 9.87. The Kier molecular flexibility index (Phi) is 6.08. The quantitative estimate of drug-likeness (QED) is 0.607. The molecule has 0 unspecified atom stereocenters. The molecule has 0 aromatic heterocycles. The molecule has 3 rings (SSSR count). The monoisotopic (exact) mass is 357 g/mol. The van der Waals surface area contributed by atoms with E-state index in [9.17, 15) is 4.79 Å². The van der Waals surface area contributed by atoms with Crippen LogP contribution in [0, 0.1) is 0 Å². The Hall–Kier alpha value is -2.87. The van der Waals surface area contributed by atoms with Crippen molar-refractivity contribution in [3.8, 4) is 0 Å². The van der Waals surface area contributed by atoms with Gasteiger partial charge in [-0.2, -0.15) is 0 Å². The van der Waals surface area contributed by atoms with E-state index in [1.165, 1.54) is 16.7 Å². The van der Waals surface area contributed by atoms with Crippen molar-refractivity contribution in [3.05, 3.63) is 108 Å². The third-order valence-electron chi connectivity index (χ3n) is 4.76. The summed E-state index contributed by atoms with van der Waals surface area (Å²) in [4.78, 5) is 12.9. The number of benzene rings is 3. The van der Waals surface area contributed by atoms with Gasteiger partial charge < -0.3 is 5.32 Å². The molecular formula is C25H27NO. The first-order valence-electron chi connectivity index (χ1n) is 9.48. The number of rotatable bonds is 7. The fourth-order valence-electron chi connectivity index (χ4n) is 3.56. The van der Waals surface area contributed by atoms with E-state index in [0.717, 1.165) is 6.42 Å². The predicted molar refractivity (Wildman–Crippen MR) is 112 cm³/mol. The van der Waals surface area contributed by atoms with Crippen LogP contribution < -0.4 is 5.32 Å². The number of amides is 1. The highest BCUT2D eigenvalue weighted by atomic mass is 16.1. The minimum Gasteiger partial charge on any atom is -0.351 e. The molecule has 0 fully saturated rings. The molecule has 0 spiro atoms. The zero-order chi connectivity index (χ0) is 19.1. The number of carbonyl (C=O) groups excluding carboxylic acids is 1.